The van der Waals surface area contributed by atoms with E-state index in [1.54, 1.807) is 56.3 Å². The van der Waals surface area contributed by atoms with Crippen LogP contribution in [0.15, 0.2) is 53.4 Å². The Labute approximate surface area is 202 Å². The standard InChI is InChI=1S/C25H34N4O4S/c1-3-29(4-2)34(32,33)21-13-14-23(28-17-9-6-10-18-28)22(19-21)27-24(30)15-16-26-25(31)20-11-7-5-8-12-20/h5,7-8,11-14,19H,3-4,6,9-10,15-18H2,1-2H3,(H,26,31)(H,27,30). The van der Waals surface area contributed by atoms with Gasteiger partial charge in [0.2, 0.25) is 15.9 Å². The largest absolute Gasteiger partial charge is 0.370 e. The summed E-state index contributed by atoms with van der Waals surface area (Å²) in [6.45, 7) is 6.24. The summed E-state index contributed by atoms with van der Waals surface area (Å²) in [7, 11) is -3.66. The Balaban J connectivity index is 1.75. The van der Waals surface area contributed by atoms with Crippen molar-refractivity contribution in [3.8, 4) is 0 Å². The zero-order valence-corrected chi connectivity index (χ0v) is 20.7. The molecule has 0 bridgehead atoms. The predicted molar refractivity (Wildman–Crippen MR) is 135 cm³/mol. The summed E-state index contributed by atoms with van der Waals surface area (Å²) < 4.78 is 27.5. The van der Waals surface area contributed by atoms with E-state index in [1.165, 1.54) is 4.31 Å². The highest BCUT2D eigenvalue weighted by molar-refractivity contribution is 7.89. The first-order chi connectivity index (χ1) is 16.4. The van der Waals surface area contributed by atoms with Crippen LogP contribution in [0.2, 0.25) is 0 Å². The number of amides is 2. The number of nitrogens with zero attached hydrogens (tertiary/aromatic N) is 2. The molecule has 0 radical (unpaired) electrons. The van der Waals surface area contributed by atoms with Gasteiger partial charge in [-0.3, -0.25) is 9.59 Å². The van der Waals surface area contributed by atoms with Crippen LogP contribution in [0.25, 0.3) is 0 Å². The van der Waals surface area contributed by atoms with Gasteiger partial charge in [0.25, 0.3) is 5.91 Å². The number of sulfonamides is 1. The third-order valence-corrected chi connectivity index (χ3v) is 8.00. The molecule has 2 N–H and O–H groups in total. The molecule has 0 unspecified atom stereocenters. The molecule has 1 fully saturated rings. The topological polar surface area (TPSA) is 98.8 Å². The second-order valence-corrected chi connectivity index (χ2v) is 10.2. The molecule has 9 heteroatoms. The number of hydrogen-bond acceptors (Lipinski definition) is 5. The van der Waals surface area contributed by atoms with Crippen molar-refractivity contribution in [2.75, 3.05) is 42.9 Å². The van der Waals surface area contributed by atoms with E-state index in [9.17, 15) is 18.0 Å². The average Bonchev–Trinajstić information content (AvgIpc) is 2.85. The zero-order valence-electron chi connectivity index (χ0n) is 19.9. The van der Waals surface area contributed by atoms with Crippen LogP contribution in [0, 0.1) is 0 Å². The lowest BCUT2D eigenvalue weighted by Gasteiger charge is -2.31. The minimum absolute atomic E-state index is 0.0744. The van der Waals surface area contributed by atoms with E-state index in [2.05, 4.69) is 15.5 Å². The van der Waals surface area contributed by atoms with Crippen molar-refractivity contribution >= 4 is 33.2 Å². The normalized spacial score (nSPS) is 14.1. The summed E-state index contributed by atoms with van der Waals surface area (Å²) in [5, 5.41) is 5.64. The highest BCUT2D eigenvalue weighted by Gasteiger charge is 2.24. The molecule has 0 aliphatic carbocycles. The van der Waals surface area contributed by atoms with Gasteiger partial charge in [-0.1, -0.05) is 32.0 Å². The van der Waals surface area contributed by atoms with Crippen molar-refractivity contribution in [2.24, 2.45) is 0 Å². The van der Waals surface area contributed by atoms with Crippen LogP contribution in [0.4, 0.5) is 11.4 Å². The smallest absolute Gasteiger partial charge is 0.251 e. The molecular formula is C25H34N4O4S. The number of anilines is 2. The van der Waals surface area contributed by atoms with E-state index in [0.29, 0.717) is 24.3 Å². The van der Waals surface area contributed by atoms with E-state index in [-0.39, 0.29) is 29.7 Å². The molecule has 0 aromatic heterocycles. The summed E-state index contributed by atoms with van der Waals surface area (Å²) in [6, 6.07) is 13.8. The lowest BCUT2D eigenvalue weighted by molar-refractivity contribution is -0.116. The molecule has 0 spiro atoms. The van der Waals surface area contributed by atoms with Gasteiger partial charge in [-0.15, -0.1) is 0 Å². The minimum Gasteiger partial charge on any atom is -0.370 e. The summed E-state index contributed by atoms with van der Waals surface area (Å²) in [5.74, 6) is -0.529. The number of nitrogens with one attached hydrogen (secondary N) is 2. The van der Waals surface area contributed by atoms with Gasteiger partial charge in [-0.25, -0.2) is 8.42 Å². The van der Waals surface area contributed by atoms with Crippen LogP contribution in [0.3, 0.4) is 0 Å². The third kappa shape index (κ3) is 6.36. The number of carbonyl (C=O) groups excluding carboxylic acids is 2. The minimum atomic E-state index is -3.66. The first-order valence-electron chi connectivity index (χ1n) is 11.9. The number of hydrogen-bond donors (Lipinski definition) is 2. The maximum Gasteiger partial charge on any atom is 0.251 e. The summed E-state index contributed by atoms with van der Waals surface area (Å²) in [5.41, 5.74) is 1.83. The van der Waals surface area contributed by atoms with Crippen LogP contribution in [-0.2, 0) is 14.8 Å². The predicted octanol–water partition coefficient (Wildman–Crippen LogP) is 3.47. The van der Waals surface area contributed by atoms with Crippen molar-refractivity contribution in [1.82, 2.24) is 9.62 Å². The summed E-state index contributed by atoms with van der Waals surface area (Å²) in [4.78, 5) is 27.3. The van der Waals surface area contributed by atoms with Crippen molar-refractivity contribution in [3.05, 3.63) is 54.1 Å². The molecule has 2 aromatic rings. The van der Waals surface area contributed by atoms with Crippen LogP contribution in [-0.4, -0.2) is 57.3 Å². The van der Waals surface area contributed by atoms with Crippen molar-refractivity contribution in [3.63, 3.8) is 0 Å². The Morgan fingerprint density at radius 2 is 1.65 bits per heavy atom. The fourth-order valence-electron chi connectivity index (χ4n) is 4.09. The lowest BCUT2D eigenvalue weighted by atomic mass is 10.1. The van der Waals surface area contributed by atoms with E-state index >= 15 is 0 Å². The SMILES string of the molecule is CCN(CC)S(=O)(=O)c1ccc(N2CCCCC2)c(NC(=O)CCNC(=O)c2ccccc2)c1. The molecule has 184 valence electrons. The Morgan fingerprint density at radius 1 is 0.971 bits per heavy atom. The molecule has 1 aliphatic heterocycles. The van der Waals surface area contributed by atoms with E-state index in [4.69, 9.17) is 0 Å². The van der Waals surface area contributed by atoms with Crippen LogP contribution >= 0.6 is 0 Å². The summed E-state index contributed by atoms with van der Waals surface area (Å²) >= 11 is 0. The second-order valence-electron chi connectivity index (χ2n) is 8.24. The zero-order chi connectivity index (χ0) is 24.6. The van der Waals surface area contributed by atoms with Gasteiger partial charge in [0.05, 0.1) is 16.3 Å². The van der Waals surface area contributed by atoms with Gasteiger partial charge in [0.15, 0.2) is 0 Å². The fourth-order valence-corrected chi connectivity index (χ4v) is 5.58. The molecule has 8 nitrogen and oxygen atoms in total. The maximum atomic E-state index is 13.1. The molecule has 1 aliphatic rings. The molecule has 2 aromatic carbocycles. The van der Waals surface area contributed by atoms with Crippen molar-refractivity contribution < 1.29 is 18.0 Å². The Hall–Kier alpha value is -2.91. The Bertz CT molecular complexity index is 1080. The van der Waals surface area contributed by atoms with Gasteiger partial charge in [0, 0.05) is 44.7 Å². The Morgan fingerprint density at radius 3 is 2.29 bits per heavy atom. The second kappa shape index (κ2) is 12.0. The number of carbonyl (C=O) groups is 2. The number of benzene rings is 2. The van der Waals surface area contributed by atoms with Gasteiger partial charge in [-0.05, 0) is 49.6 Å². The van der Waals surface area contributed by atoms with E-state index in [1.807, 2.05) is 6.07 Å². The summed E-state index contributed by atoms with van der Waals surface area (Å²) in [6.07, 6.45) is 3.34. The molecule has 1 saturated heterocycles. The lowest BCUT2D eigenvalue weighted by Crippen LogP contribution is -2.32. The van der Waals surface area contributed by atoms with Gasteiger partial charge >= 0.3 is 0 Å². The molecule has 0 saturated carbocycles. The quantitative estimate of drug-likeness (QED) is 0.536. The molecule has 3 rings (SSSR count). The molecule has 0 atom stereocenters. The monoisotopic (exact) mass is 486 g/mol. The van der Waals surface area contributed by atoms with E-state index in [0.717, 1.165) is 38.0 Å². The van der Waals surface area contributed by atoms with Gasteiger partial charge in [-0.2, -0.15) is 4.31 Å². The molecule has 1 heterocycles. The number of piperidine rings is 1. The van der Waals surface area contributed by atoms with Gasteiger partial charge in [0.1, 0.15) is 0 Å². The first-order valence-corrected chi connectivity index (χ1v) is 13.3. The van der Waals surface area contributed by atoms with Crippen LogP contribution < -0.4 is 15.5 Å². The molecule has 2 amide bonds. The maximum absolute atomic E-state index is 13.1. The van der Waals surface area contributed by atoms with Crippen molar-refractivity contribution in [2.45, 2.75) is 44.4 Å². The third-order valence-electron chi connectivity index (χ3n) is 5.96. The Kier molecular flexibility index (Phi) is 9.06. The number of rotatable bonds is 10. The first kappa shape index (κ1) is 25.7. The highest BCUT2D eigenvalue weighted by Crippen LogP contribution is 2.32. The highest BCUT2D eigenvalue weighted by atomic mass is 32.2. The molecular weight excluding hydrogens is 452 g/mol. The average molecular weight is 487 g/mol. The van der Waals surface area contributed by atoms with Gasteiger partial charge < -0.3 is 15.5 Å². The van der Waals surface area contributed by atoms with Crippen molar-refractivity contribution in [1.29, 1.82) is 0 Å². The van der Waals surface area contributed by atoms with Crippen LogP contribution in [0.5, 0.6) is 0 Å². The molecule has 34 heavy (non-hydrogen) atoms. The van der Waals surface area contributed by atoms with E-state index < -0.39 is 10.0 Å². The fraction of sp³-hybridized carbons (Fsp3) is 0.440. The van der Waals surface area contributed by atoms with Crippen LogP contribution in [0.1, 0.15) is 49.9 Å².